The van der Waals surface area contributed by atoms with E-state index in [1.54, 1.807) is 14.2 Å². The molecule has 0 aliphatic carbocycles. The van der Waals surface area contributed by atoms with E-state index in [9.17, 15) is 0 Å². The van der Waals surface area contributed by atoms with Gasteiger partial charge in [0.1, 0.15) is 5.75 Å². The third-order valence-electron chi connectivity index (χ3n) is 3.36. The topological polar surface area (TPSA) is 39.7 Å². The monoisotopic (exact) mass is 337 g/mol. The van der Waals surface area contributed by atoms with Gasteiger partial charge in [-0.2, -0.15) is 0 Å². The first-order valence-electron chi connectivity index (χ1n) is 7.40. The van der Waals surface area contributed by atoms with Crippen LogP contribution in [0.15, 0.2) is 42.5 Å². The van der Waals surface area contributed by atoms with Crippen molar-refractivity contribution in [3.63, 3.8) is 0 Å². The highest BCUT2D eigenvalue weighted by molar-refractivity contribution is 5.85. The second kappa shape index (κ2) is 9.98. The molecular weight excluding hydrogens is 314 g/mol. The average Bonchev–Trinajstić information content (AvgIpc) is 2.56. The first-order chi connectivity index (χ1) is 10.8. The molecule has 0 saturated heterocycles. The third kappa shape index (κ3) is 5.34. The summed E-state index contributed by atoms with van der Waals surface area (Å²) in [5.74, 6) is 2.44. The van der Waals surface area contributed by atoms with Crippen LogP contribution in [0.4, 0.5) is 0 Å². The molecular formula is C18H24ClNO3. The number of methoxy groups -OCH3 is 2. The van der Waals surface area contributed by atoms with E-state index in [1.807, 2.05) is 43.3 Å². The molecule has 23 heavy (non-hydrogen) atoms. The van der Waals surface area contributed by atoms with Gasteiger partial charge in [-0.15, -0.1) is 12.4 Å². The number of para-hydroxylation sites is 1. The molecule has 0 bridgehead atoms. The fraction of sp³-hybridized carbons (Fsp3) is 0.333. The van der Waals surface area contributed by atoms with E-state index in [0.29, 0.717) is 6.61 Å². The quantitative estimate of drug-likeness (QED) is 0.795. The lowest BCUT2D eigenvalue weighted by molar-refractivity contribution is 0.310. The first-order valence-corrected chi connectivity index (χ1v) is 7.40. The number of hydrogen-bond acceptors (Lipinski definition) is 4. The Balaban J connectivity index is 0.00000264. The standard InChI is InChI=1S/C18H23NO3.ClH/c1-4-22-17-10-9-14(11-18(17)21-3)12-19-13-15-7-5-6-8-16(15)20-2;/h5-11,19H,4,12-13H2,1-3H3;1H. The fourth-order valence-corrected chi connectivity index (χ4v) is 2.29. The minimum atomic E-state index is 0. The average molecular weight is 338 g/mol. The van der Waals surface area contributed by atoms with E-state index in [1.165, 1.54) is 0 Å². The van der Waals surface area contributed by atoms with Crippen LogP contribution in [-0.2, 0) is 13.1 Å². The Labute approximate surface area is 144 Å². The van der Waals surface area contributed by atoms with Gasteiger partial charge < -0.3 is 19.5 Å². The van der Waals surface area contributed by atoms with Crippen LogP contribution in [0.1, 0.15) is 18.1 Å². The maximum atomic E-state index is 5.53. The number of rotatable bonds is 8. The molecule has 1 N–H and O–H groups in total. The molecule has 0 aliphatic rings. The Morgan fingerprint density at radius 1 is 0.870 bits per heavy atom. The first kappa shape index (κ1) is 19.1. The molecule has 2 rings (SSSR count). The molecule has 0 aliphatic heterocycles. The van der Waals surface area contributed by atoms with Gasteiger partial charge in [-0.3, -0.25) is 0 Å². The lowest BCUT2D eigenvalue weighted by Gasteiger charge is -2.12. The highest BCUT2D eigenvalue weighted by Gasteiger charge is 2.06. The van der Waals surface area contributed by atoms with Crippen molar-refractivity contribution in [1.82, 2.24) is 5.32 Å². The summed E-state index contributed by atoms with van der Waals surface area (Å²) in [4.78, 5) is 0. The Kier molecular flexibility index (Phi) is 8.30. The van der Waals surface area contributed by atoms with Crippen LogP contribution in [0.3, 0.4) is 0 Å². The summed E-state index contributed by atoms with van der Waals surface area (Å²) < 4.78 is 16.2. The van der Waals surface area contributed by atoms with E-state index in [2.05, 4.69) is 11.4 Å². The van der Waals surface area contributed by atoms with Crippen molar-refractivity contribution in [1.29, 1.82) is 0 Å². The van der Waals surface area contributed by atoms with Gasteiger partial charge in [-0.25, -0.2) is 0 Å². The zero-order chi connectivity index (χ0) is 15.8. The van der Waals surface area contributed by atoms with Crippen LogP contribution in [0.2, 0.25) is 0 Å². The van der Waals surface area contributed by atoms with Crippen LogP contribution in [0.5, 0.6) is 17.2 Å². The predicted molar refractivity (Wildman–Crippen MR) is 94.9 cm³/mol. The van der Waals surface area contributed by atoms with Gasteiger partial charge in [0, 0.05) is 18.7 Å². The normalized spacial score (nSPS) is 9.87. The van der Waals surface area contributed by atoms with Crippen molar-refractivity contribution in [2.24, 2.45) is 0 Å². The lowest BCUT2D eigenvalue weighted by atomic mass is 10.1. The van der Waals surface area contributed by atoms with E-state index >= 15 is 0 Å². The molecule has 0 radical (unpaired) electrons. The second-order valence-electron chi connectivity index (χ2n) is 4.83. The van der Waals surface area contributed by atoms with Gasteiger partial charge in [0.15, 0.2) is 11.5 Å². The molecule has 0 amide bonds. The van der Waals surface area contributed by atoms with Crippen LogP contribution in [0.25, 0.3) is 0 Å². The van der Waals surface area contributed by atoms with Crippen LogP contribution < -0.4 is 19.5 Å². The van der Waals surface area contributed by atoms with Gasteiger partial charge in [0.2, 0.25) is 0 Å². The minimum Gasteiger partial charge on any atom is -0.496 e. The Hall–Kier alpha value is -1.91. The number of halogens is 1. The van der Waals surface area contributed by atoms with E-state index < -0.39 is 0 Å². The van der Waals surface area contributed by atoms with Crippen molar-refractivity contribution in [2.75, 3.05) is 20.8 Å². The molecule has 5 heteroatoms. The zero-order valence-electron chi connectivity index (χ0n) is 13.8. The summed E-state index contributed by atoms with van der Waals surface area (Å²) in [6.45, 7) is 4.09. The second-order valence-corrected chi connectivity index (χ2v) is 4.83. The number of nitrogens with one attached hydrogen (secondary N) is 1. The van der Waals surface area contributed by atoms with Crippen molar-refractivity contribution >= 4 is 12.4 Å². The SMILES string of the molecule is CCOc1ccc(CNCc2ccccc2OC)cc1OC.Cl. The predicted octanol–water partition coefficient (Wildman–Crippen LogP) is 3.81. The molecule has 0 unspecified atom stereocenters. The van der Waals surface area contributed by atoms with E-state index in [4.69, 9.17) is 14.2 Å². The van der Waals surface area contributed by atoms with Gasteiger partial charge in [-0.05, 0) is 30.7 Å². The van der Waals surface area contributed by atoms with Gasteiger partial charge in [0.05, 0.1) is 20.8 Å². The molecule has 0 fully saturated rings. The molecule has 0 saturated carbocycles. The van der Waals surface area contributed by atoms with Gasteiger partial charge in [0.25, 0.3) is 0 Å². The fourth-order valence-electron chi connectivity index (χ4n) is 2.29. The third-order valence-corrected chi connectivity index (χ3v) is 3.36. The maximum Gasteiger partial charge on any atom is 0.161 e. The highest BCUT2D eigenvalue weighted by Crippen LogP contribution is 2.28. The van der Waals surface area contributed by atoms with E-state index in [0.717, 1.165) is 41.5 Å². The molecule has 0 heterocycles. The summed E-state index contributed by atoms with van der Waals surface area (Å²) in [7, 11) is 3.35. The summed E-state index contributed by atoms with van der Waals surface area (Å²) in [6, 6.07) is 14.0. The van der Waals surface area contributed by atoms with E-state index in [-0.39, 0.29) is 12.4 Å². The molecule has 0 aromatic heterocycles. The van der Waals surface area contributed by atoms with Crippen molar-refractivity contribution < 1.29 is 14.2 Å². The lowest BCUT2D eigenvalue weighted by Crippen LogP contribution is -2.13. The zero-order valence-corrected chi connectivity index (χ0v) is 14.6. The summed E-state index contributed by atoms with van der Waals surface area (Å²) in [5, 5.41) is 3.42. The number of hydrogen-bond donors (Lipinski definition) is 1. The molecule has 126 valence electrons. The maximum absolute atomic E-state index is 5.53. The smallest absolute Gasteiger partial charge is 0.161 e. The summed E-state index contributed by atoms with van der Waals surface area (Å²) in [6.07, 6.45) is 0. The molecule has 0 atom stereocenters. The Morgan fingerprint density at radius 2 is 1.61 bits per heavy atom. The number of ether oxygens (including phenoxy) is 3. The largest absolute Gasteiger partial charge is 0.496 e. The summed E-state index contributed by atoms with van der Waals surface area (Å²) >= 11 is 0. The molecule has 2 aromatic carbocycles. The summed E-state index contributed by atoms with van der Waals surface area (Å²) in [5.41, 5.74) is 2.29. The minimum absolute atomic E-state index is 0. The molecule has 2 aromatic rings. The van der Waals surface area contributed by atoms with Crippen molar-refractivity contribution in [2.45, 2.75) is 20.0 Å². The molecule has 0 spiro atoms. The highest BCUT2D eigenvalue weighted by atomic mass is 35.5. The van der Waals surface area contributed by atoms with Gasteiger partial charge >= 0.3 is 0 Å². The Bertz CT molecular complexity index is 605. The van der Waals surface area contributed by atoms with Crippen molar-refractivity contribution in [3.05, 3.63) is 53.6 Å². The molecule has 4 nitrogen and oxygen atoms in total. The van der Waals surface area contributed by atoms with Gasteiger partial charge in [-0.1, -0.05) is 24.3 Å². The number of benzene rings is 2. The van der Waals surface area contributed by atoms with Crippen molar-refractivity contribution in [3.8, 4) is 17.2 Å². The Morgan fingerprint density at radius 3 is 2.30 bits per heavy atom. The van der Waals surface area contributed by atoms with Crippen LogP contribution in [-0.4, -0.2) is 20.8 Å². The van der Waals surface area contributed by atoms with Crippen LogP contribution >= 0.6 is 12.4 Å². The van der Waals surface area contributed by atoms with Crippen LogP contribution in [0, 0.1) is 0 Å².